The Bertz CT molecular complexity index is 1720. The fourth-order valence-corrected chi connectivity index (χ4v) is 6.47. The lowest BCUT2D eigenvalue weighted by atomic mass is 9.97. The standard InChI is InChI=1S/C38H55N7O8S/c1-21(2)17-26(43-35(50)31(38(6,7)54-9)45-32(47)25-15-12-16-40-25)33(48)42-27(18-23-22-13-10-11-14-24(22)41-29(23)20-39)34(49)44-28(19-30(46)52-8)36(51)53-37(3,4)5/h10-11,13-14,21,25-28,31,40-41H,12,15-19H2,1-9H3,(H,42,48)(H,43,50)(H,44,49)(H,45,47)/t25-,26-,27+,28+,31-/m0/s1. The Kier molecular flexibility index (Phi) is 15.5. The van der Waals surface area contributed by atoms with Gasteiger partial charge < -0.3 is 41.0 Å². The highest BCUT2D eigenvalue weighted by atomic mass is 32.2. The number of nitrogens with one attached hydrogen (secondary N) is 6. The summed E-state index contributed by atoms with van der Waals surface area (Å²) in [5, 5.41) is 24.8. The zero-order chi connectivity index (χ0) is 40.4. The Hall–Kier alpha value is -4.62. The lowest BCUT2D eigenvalue weighted by Gasteiger charge is -2.34. The van der Waals surface area contributed by atoms with Gasteiger partial charge in [-0.3, -0.25) is 24.0 Å². The monoisotopic (exact) mass is 769 g/mol. The Balaban J connectivity index is 2.00. The summed E-state index contributed by atoms with van der Waals surface area (Å²) in [6, 6.07) is 3.74. The molecule has 1 aromatic carbocycles. The molecule has 3 rings (SSSR count). The molecule has 54 heavy (non-hydrogen) atoms. The van der Waals surface area contributed by atoms with Gasteiger partial charge in [0.1, 0.15) is 41.5 Å². The number of para-hydroxylation sites is 1. The normalized spacial score (nSPS) is 16.7. The quantitative estimate of drug-likeness (QED) is 0.128. The van der Waals surface area contributed by atoms with Gasteiger partial charge in [-0.2, -0.15) is 17.0 Å². The van der Waals surface area contributed by atoms with Crippen LogP contribution in [0, 0.1) is 17.2 Å². The molecular weight excluding hydrogens is 715 g/mol. The minimum atomic E-state index is -1.47. The van der Waals surface area contributed by atoms with Crippen molar-refractivity contribution in [3.63, 3.8) is 0 Å². The average molecular weight is 770 g/mol. The van der Waals surface area contributed by atoms with E-state index in [0.717, 1.165) is 13.5 Å². The van der Waals surface area contributed by atoms with Crippen molar-refractivity contribution in [2.75, 3.05) is 19.9 Å². The maximum absolute atomic E-state index is 14.2. The molecule has 6 N–H and O–H groups in total. The first-order valence-electron chi connectivity index (χ1n) is 18.1. The number of fused-ring (bicyclic) bond motifs is 1. The Morgan fingerprint density at radius 2 is 1.57 bits per heavy atom. The van der Waals surface area contributed by atoms with Gasteiger partial charge in [0.2, 0.25) is 23.6 Å². The highest BCUT2D eigenvalue weighted by Gasteiger charge is 2.40. The van der Waals surface area contributed by atoms with E-state index in [9.17, 15) is 34.0 Å². The van der Waals surface area contributed by atoms with E-state index in [4.69, 9.17) is 9.47 Å². The average Bonchev–Trinajstić information content (AvgIpc) is 3.77. The first kappa shape index (κ1) is 43.8. The second-order valence-corrected chi connectivity index (χ2v) is 16.8. The van der Waals surface area contributed by atoms with Crippen LogP contribution in [0.15, 0.2) is 24.3 Å². The number of nitrogens with zero attached hydrogens (tertiary/aromatic N) is 1. The van der Waals surface area contributed by atoms with E-state index in [2.05, 4.69) is 37.6 Å². The third-order valence-corrected chi connectivity index (χ3v) is 10.3. The number of amides is 4. The summed E-state index contributed by atoms with van der Waals surface area (Å²) in [5.41, 5.74) is 0.287. The topological polar surface area (TPSA) is 221 Å². The number of carbonyl (C=O) groups excluding carboxylic acids is 6. The molecule has 0 spiro atoms. The van der Waals surface area contributed by atoms with Gasteiger partial charge in [-0.25, -0.2) is 4.79 Å². The molecule has 0 saturated carbocycles. The van der Waals surface area contributed by atoms with Gasteiger partial charge in [-0.15, -0.1) is 0 Å². The van der Waals surface area contributed by atoms with Crippen molar-refractivity contribution in [3.05, 3.63) is 35.5 Å². The number of hydrogen-bond donors (Lipinski definition) is 6. The summed E-state index contributed by atoms with van der Waals surface area (Å²) in [4.78, 5) is 84.1. The summed E-state index contributed by atoms with van der Waals surface area (Å²) < 4.78 is 9.47. The molecule has 1 fully saturated rings. The molecule has 4 amide bonds. The van der Waals surface area contributed by atoms with Crippen LogP contribution in [0.2, 0.25) is 0 Å². The molecule has 296 valence electrons. The molecule has 2 heterocycles. The molecule has 1 saturated heterocycles. The largest absolute Gasteiger partial charge is 0.469 e. The van der Waals surface area contributed by atoms with E-state index in [0.29, 0.717) is 29.4 Å². The molecule has 16 heteroatoms. The number of aromatic amines is 1. The molecule has 2 aromatic rings. The Labute approximate surface area is 321 Å². The van der Waals surface area contributed by atoms with E-state index in [1.807, 2.05) is 34.0 Å². The van der Waals surface area contributed by atoms with Crippen LogP contribution in [-0.2, 0) is 44.7 Å². The van der Waals surface area contributed by atoms with E-state index >= 15 is 0 Å². The number of methoxy groups -OCH3 is 1. The Morgan fingerprint density at radius 1 is 0.944 bits per heavy atom. The third kappa shape index (κ3) is 12.2. The maximum atomic E-state index is 14.2. The lowest BCUT2D eigenvalue weighted by Crippen LogP contribution is -2.62. The molecule has 15 nitrogen and oxygen atoms in total. The number of esters is 2. The number of thioether (sulfide) groups is 1. The Morgan fingerprint density at radius 3 is 2.15 bits per heavy atom. The number of aromatic nitrogens is 1. The first-order valence-corrected chi connectivity index (χ1v) is 19.3. The van der Waals surface area contributed by atoms with Crippen LogP contribution in [-0.4, -0.2) is 101 Å². The van der Waals surface area contributed by atoms with Crippen molar-refractivity contribution < 1.29 is 38.2 Å². The maximum Gasteiger partial charge on any atom is 0.329 e. The highest BCUT2D eigenvalue weighted by molar-refractivity contribution is 8.00. The minimum absolute atomic E-state index is 0.0898. The van der Waals surface area contributed by atoms with Gasteiger partial charge in [-0.1, -0.05) is 32.0 Å². The van der Waals surface area contributed by atoms with Crippen molar-refractivity contribution in [2.45, 2.75) is 121 Å². The van der Waals surface area contributed by atoms with E-state index in [1.54, 1.807) is 45.0 Å². The van der Waals surface area contributed by atoms with E-state index < -0.39 is 76.6 Å². The predicted molar refractivity (Wildman–Crippen MR) is 205 cm³/mol. The number of rotatable bonds is 17. The molecule has 0 bridgehead atoms. The third-order valence-electron chi connectivity index (χ3n) is 9.06. The number of carbonyl (C=O) groups is 6. The van der Waals surface area contributed by atoms with Gasteiger partial charge in [0.05, 0.1) is 19.6 Å². The van der Waals surface area contributed by atoms with Crippen molar-refractivity contribution in [1.82, 2.24) is 31.6 Å². The van der Waals surface area contributed by atoms with Gasteiger partial charge in [0.25, 0.3) is 0 Å². The lowest BCUT2D eigenvalue weighted by molar-refractivity contribution is -0.161. The number of ether oxygens (including phenoxy) is 2. The van der Waals surface area contributed by atoms with Gasteiger partial charge in [0, 0.05) is 22.1 Å². The molecule has 5 atom stereocenters. The van der Waals surface area contributed by atoms with Crippen LogP contribution in [0.5, 0.6) is 0 Å². The first-order chi connectivity index (χ1) is 25.3. The second kappa shape index (κ2) is 19.1. The summed E-state index contributed by atoms with van der Waals surface area (Å²) >= 11 is 1.39. The molecule has 0 unspecified atom stereocenters. The van der Waals surface area contributed by atoms with Crippen molar-refractivity contribution >= 4 is 58.2 Å². The number of benzene rings is 1. The van der Waals surface area contributed by atoms with Crippen molar-refractivity contribution in [2.24, 2.45) is 5.92 Å². The summed E-state index contributed by atoms with van der Waals surface area (Å²) in [6.45, 7) is 13.0. The summed E-state index contributed by atoms with van der Waals surface area (Å²) in [6.07, 6.45) is 2.73. The van der Waals surface area contributed by atoms with Gasteiger partial charge >= 0.3 is 11.9 Å². The minimum Gasteiger partial charge on any atom is -0.469 e. The van der Waals surface area contributed by atoms with Gasteiger partial charge in [0.15, 0.2) is 0 Å². The zero-order valence-corrected chi connectivity index (χ0v) is 33.5. The molecule has 1 aliphatic rings. The number of hydrogen-bond acceptors (Lipinski definition) is 11. The fraction of sp³-hybridized carbons (Fsp3) is 0.605. The van der Waals surface area contributed by atoms with Crippen LogP contribution in [0.4, 0.5) is 0 Å². The van der Waals surface area contributed by atoms with E-state index in [1.165, 1.54) is 11.8 Å². The van der Waals surface area contributed by atoms with Crippen LogP contribution < -0.4 is 26.6 Å². The van der Waals surface area contributed by atoms with E-state index in [-0.39, 0.29) is 30.4 Å². The zero-order valence-electron chi connectivity index (χ0n) is 32.6. The van der Waals surface area contributed by atoms with Crippen molar-refractivity contribution in [3.8, 4) is 6.07 Å². The number of nitriles is 1. The number of H-pyrrole nitrogens is 1. The van der Waals surface area contributed by atoms with Crippen LogP contribution in [0.1, 0.15) is 85.4 Å². The molecule has 0 radical (unpaired) electrons. The fourth-order valence-electron chi connectivity index (χ4n) is 6.06. The van der Waals surface area contributed by atoms with Crippen molar-refractivity contribution in [1.29, 1.82) is 5.26 Å². The van der Waals surface area contributed by atoms with Crippen LogP contribution in [0.25, 0.3) is 10.9 Å². The summed E-state index contributed by atoms with van der Waals surface area (Å²) in [7, 11) is 1.14. The van der Waals surface area contributed by atoms with Crippen LogP contribution in [0.3, 0.4) is 0 Å². The molecule has 0 aliphatic carbocycles. The second-order valence-electron chi connectivity index (χ2n) is 15.4. The predicted octanol–water partition coefficient (Wildman–Crippen LogP) is 2.37. The summed E-state index contributed by atoms with van der Waals surface area (Å²) in [5.74, 6) is -4.20. The molecule has 1 aromatic heterocycles. The molecular formula is C38H55N7O8S. The smallest absolute Gasteiger partial charge is 0.329 e. The highest BCUT2D eigenvalue weighted by Crippen LogP contribution is 2.27. The van der Waals surface area contributed by atoms with Crippen LogP contribution >= 0.6 is 11.8 Å². The SMILES string of the molecule is COC(=O)C[C@@H](NC(=O)[C@@H](Cc1c(C#N)[nH]c2ccccc12)NC(=O)[C@H](CC(C)C)NC(=O)[C@H](NC(=O)[C@@H]1CCCN1)C(C)(C)SC)C(=O)OC(C)(C)C. The molecule has 1 aliphatic heterocycles. The van der Waals surface area contributed by atoms with Gasteiger partial charge in [-0.05, 0) is 84.2 Å².